The predicted octanol–water partition coefficient (Wildman–Crippen LogP) is 3.89. The van der Waals surface area contributed by atoms with E-state index < -0.39 is 12.0 Å². The van der Waals surface area contributed by atoms with Crippen LogP contribution in [0.2, 0.25) is 0 Å². The van der Waals surface area contributed by atoms with Gasteiger partial charge in [0.25, 0.3) is 5.56 Å². The topological polar surface area (TPSA) is 87.6 Å². The third-order valence-electron chi connectivity index (χ3n) is 7.40. The van der Waals surface area contributed by atoms with Gasteiger partial charge in [0, 0.05) is 14.1 Å². The van der Waals surface area contributed by atoms with Gasteiger partial charge in [0.1, 0.15) is 0 Å². The average molecular weight is 559 g/mol. The second kappa shape index (κ2) is 10.9. The second-order valence-electron chi connectivity index (χ2n) is 10.4. The van der Waals surface area contributed by atoms with Gasteiger partial charge in [-0.2, -0.15) is 0 Å². The number of thiazole rings is 1. The molecule has 0 radical (unpaired) electrons. The molecular weight excluding hydrogens is 524 g/mol. The number of carbonyl (C=O) groups excluding carboxylic acids is 1. The molecule has 1 aliphatic rings. The Balaban J connectivity index is 1.74. The molecule has 4 aromatic rings. The Labute approximate surface area is 236 Å². The van der Waals surface area contributed by atoms with Crippen LogP contribution in [0.5, 0.6) is 0 Å². The highest BCUT2D eigenvalue weighted by atomic mass is 32.1. The number of imidazole rings is 1. The molecule has 0 saturated heterocycles. The first kappa shape index (κ1) is 27.6. The van der Waals surface area contributed by atoms with E-state index in [2.05, 4.69) is 26.0 Å². The number of rotatable bonds is 7. The number of allylic oxidation sites excluding steroid dienone is 1. The molecule has 0 N–H and O–H groups in total. The fourth-order valence-electron chi connectivity index (χ4n) is 5.26. The summed E-state index contributed by atoms with van der Waals surface area (Å²) in [6.45, 7) is 8.31. The lowest BCUT2D eigenvalue weighted by molar-refractivity contribution is -0.139. The van der Waals surface area contributed by atoms with Gasteiger partial charge >= 0.3 is 11.7 Å². The van der Waals surface area contributed by atoms with E-state index >= 15 is 0 Å². The predicted molar refractivity (Wildman–Crippen MR) is 158 cm³/mol. The number of hydrogen-bond donors (Lipinski definition) is 0. The molecule has 0 saturated carbocycles. The molecule has 5 rings (SSSR count). The van der Waals surface area contributed by atoms with E-state index in [1.54, 1.807) is 34.7 Å². The first-order valence-corrected chi connectivity index (χ1v) is 14.4. The van der Waals surface area contributed by atoms with E-state index in [1.165, 1.54) is 16.9 Å². The molecule has 2 aromatic carbocycles. The van der Waals surface area contributed by atoms with Gasteiger partial charge in [-0.25, -0.2) is 14.6 Å². The second-order valence-corrected chi connectivity index (χ2v) is 11.4. The number of aryl methyl sites for hydroxylation is 2. The lowest BCUT2D eigenvalue weighted by Crippen LogP contribution is -2.40. The lowest BCUT2D eigenvalue weighted by Gasteiger charge is -2.26. The minimum Gasteiger partial charge on any atom is -0.463 e. The molecule has 8 nitrogen and oxygen atoms in total. The quantitative estimate of drug-likeness (QED) is 0.322. The Morgan fingerprint density at radius 2 is 1.75 bits per heavy atom. The van der Waals surface area contributed by atoms with Gasteiger partial charge in [0.15, 0.2) is 4.80 Å². The van der Waals surface area contributed by atoms with E-state index in [0.717, 1.165) is 28.6 Å². The van der Waals surface area contributed by atoms with Gasteiger partial charge in [-0.1, -0.05) is 68.9 Å². The standard InChI is InChI=1S/C31H34N4O4S/c1-7-9-22-26(29(37)39-8-2)27(21-13-11-20(12-14-21)18(3)4)35-28(36)25(40-30(35)32-22)17-19-10-15-23-24(16-19)34(6)31(38)33(23)5/h10-18,27H,7-9H2,1-6H3/b25-17+/t27-/m1/s1. The van der Waals surface area contributed by atoms with E-state index in [4.69, 9.17) is 9.73 Å². The van der Waals surface area contributed by atoms with Crippen LogP contribution in [0.3, 0.4) is 0 Å². The Hall–Kier alpha value is -3.98. The fraction of sp³-hybridized carbons (Fsp3) is 0.355. The minimum absolute atomic E-state index is 0.107. The third kappa shape index (κ3) is 4.68. The van der Waals surface area contributed by atoms with Crippen molar-refractivity contribution in [3.05, 3.63) is 101 Å². The third-order valence-corrected chi connectivity index (χ3v) is 8.39. The van der Waals surface area contributed by atoms with Gasteiger partial charge in [-0.3, -0.25) is 18.5 Å². The molecule has 0 unspecified atom stereocenters. The Morgan fingerprint density at radius 1 is 1.05 bits per heavy atom. The monoisotopic (exact) mass is 558 g/mol. The normalized spacial score (nSPS) is 15.6. The molecule has 0 spiro atoms. The maximum Gasteiger partial charge on any atom is 0.338 e. The van der Waals surface area contributed by atoms with Gasteiger partial charge in [0.05, 0.1) is 39.5 Å². The van der Waals surface area contributed by atoms with Crippen molar-refractivity contribution in [2.45, 2.75) is 52.5 Å². The molecule has 9 heteroatoms. The SMILES string of the molecule is CCCC1=C(C(=O)OCC)[C@@H](c2ccc(C(C)C)cc2)n2c(s/c(=C/c3ccc4c(c3)n(C)c(=O)n4C)c2=O)=N1. The molecule has 2 aromatic heterocycles. The molecule has 3 heterocycles. The highest BCUT2D eigenvalue weighted by Crippen LogP contribution is 2.33. The van der Waals surface area contributed by atoms with Crippen LogP contribution in [0.1, 0.15) is 69.2 Å². The minimum atomic E-state index is -0.641. The maximum atomic E-state index is 14.0. The summed E-state index contributed by atoms with van der Waals surface area (Å²) in [6.07, 6.45) is 3.22. The van der Waals surface area contributed by atoms with Gasteiger partial charge < -0.3 is 4.74 Å². The van der Waals surface area contributed by atoms with Crippen LogP contribution in [0.25, 0.3) is 17.1 Å². The molecule has 0 amide bonds. The summed E-state index contributed by atoms with van der Waals surface area (Å²) in [4.78, 5) is 45.2. The summed E-state index contributed by atoms with van der Waals surface area (Å²) in [6, 6.07) is 13.1. The number of ether oxygens (including phenoxy) is 1. The van der Waals surface area contributed by atoms with E-state index in [0.29, 0.717) is 32.9 Å². The zero-order valence-corrected chi connectivity index (χ0v) is 24.5. The van der Waals surface area contributed by atoms with Crippen molar-refractivity contribution in [3.63, 3.8) is 0 Å². The molecule has 40 heavy (non-hydrogen) atoms. The average Bonchev–Trinajstić information content (AvgIpc) is 3.35. The number of esters is 1. The van der Waals surface area contributed by atoms with Gasteiger partial charge in [-0.15, -0.1) is 0 Å². The van der Waals surface area contributed by atoms with Crippen LogP contribution in [-0.2, 0) is 23.6 Å². The summed E-state index contributed by atoms with van der Waals surface area (Å²) in [7, 11) is 3.48. The fourth-order valence-corrected chi connectivity index (χ4v) is 6.28. The van der Waals surface area contributed by atoms with E-state index in [1.807, 2.05) is 43.3 Å². The molecule has 1 atom stereocenters. The molecule has 0 bridgehead atoms. The smallest absolute Gasteiger partial charge is 0.338 e. The van der Waals surface area contributed by atoms with Crippen LogP contribution in [-0.4, -0.2) is 26.3 Å². The first-order chi connectivity index (χ1) is 19.2. The number of fused-ring (bicyclic) bond motifs is 2. The zero-order valence-electron chi connectivity index (χ0n) is 23.7. The zero-order chi connectivity index (χ0) is 28.7. The molecule has 1 aliphatic heterocycles. The van der Waals surface area contributed by atoms with E-state index in [-0.39, 0.29) is 17.9 Å². The Kier molecular flexibility index (Phi) is 7.51. The Bertz CT molecular complexity index is 1880. The van der Waals surface area contributed by atoms with Crippen molar-refractivity contribution >= 4 is 34.4 Å². The van der Waals surface area contributed by atoms with Crippen molar-refractivity contribution in [3.8, 4) is 0 Å². The van der Waals surface area contributed by atoms with Crippen molar-refractivity contribution in [2.75, 3.05) is 6.61 Å². The summed E-state index contributed by atoms with van der Waals surface area (Å²) in [5.74, 6) is -0.0921. The van der Waals surface area contributed by atoms with Crippen molar-refractivity contribution in [1.29, 1.82) is 0 Å². The van der Waals surface area contributed by atoms with Crippen molar-refractivity contribution < 1.29 is 9.53 Å². The van der Waals surface area contributed by atoms with E-state index in [9.17, 15) is 14.4 Å². The van der Waals surface area contributed by atoms with Crippen LogP contribution < -0.4 is 20.6 Å². The van der Waals surface area contributed by atoms with Gasteiger partial charge in [-0.05, 0) is 54.2 Å². The number of nitrogens with zero attached hydrogens (tertiary/aromatic N) is 4. The summed E-state index contributed by atoms with van der Waals surface area (Å²) >= 11 is 1.31. The number of benzene rings is 2. The summed E-state index contributed by atoms with van der Waals surface area (Å²) < 4.78 is 10.8. The molecular formula is C31H34N4O4S. The maximum absolute atomic E-state index is 14.0. The van der Waals surface area contributed by atoms with Gasteiger partial charge in [0.2, 0.25) is 0 Å². The van der Waals surface area contributed by atoms with Crippen molar-refractivity contribution in [1.82, 2.24) is 13.7 Å². The van der Waals surface area contributed by atoms with Crippen LogP contribution >= 0.6 is 11.3 Å². The summed E-state index contributed by atoms with van der Waals surface area (Å²) in [5.41, 5.74) is 5.17. The number of hydrogen-bond acceptors (Lipinski definition) is 6. The number of aromatic nitrogens is 3. The van der Waals surface area contributed by atoms with Crippen LogP contribution in [0.4, 0.5) is 0 Å². The highest BCUT2D eigenvalue weighted by Gasteiger charge is 2.34. The first-order valence-electron chi connectivity index (χ1n) is 13.6. The molecule has 0 fully saturated rings. The van der Waals surface area contributed by atoms with Crippen LogP contribution in [0.15, 0.2) is 68.3 Å². The molecule has 208 valence electrons. The largest absolute Gasteiger partial charge is 0.463 e. The summed E-state index contributed by atoms with van der Waals surface area (Å²) in [5, 5.41) is 0. The lowest BCUT2D eigenvalue weighted by atomic mass is 9.92. The highest BCUT2D eigenvalue weighted by molar-refractivity contribution is 7.07. The number of carbonyl (C=O) groups is 1. The Morgan fingerprint density at radius 3 is 2.40 bits per heavy atom. The molecule has 0 aliphatic carbocycles. The van der Waals surface area contributed by atoms with Crippen LogP contribution in [0, 0.1) is 0 Å². The van der Waals surface area contributed by atoms with Crippen molar-refractivity contribution in [2.24, 2.45) is 19.1 Å².